The third-order valence-corrected chi connectivity index (χ3v) is 2.87. The molecule has 0 aliphatic rings. The number of nitrogens with zero attached hydrogens (tertiary/aromatic N) is 3. The Morgan fingerprint density at radius 3 is 2.76 bits per heavy atom. The van der Waals surface area contributed by atoms with Crippen molar-refractivity contribution in [1.82, 2.24) is 15.0 Å². The van der Waals surface area contributed by atoms with Crippen molar-refractivity contribution >= 4 is 16.9 Å². The maximum atomic E-state index is 12.2. The standard InChI is InChI=1S/C14H10F2N4O/c15-14(16)21-9-3-1-2-8(6-9)10-4-5-11-12(20-10)13(17)19-7-18-11/h1-7,14H,(H2,17,18,19). The van der Waals surface area contributed by atoms with Crippen molar-refractivity contribution in [2.45, 2.75) is 6.61 Å². The Morgan fingerprint density at radius 1 is 1.10 bits per heavy atom. The van der Waals surface area contributed by atoms with Crippen molar-refractivity contribution in [3.05, 3.63) is 42.7 Å². The van der Waals surface area contributed by atoms with E-state index in [-0.39, 0.29) is 11.6 Å². The lowest BCUT2D eigenvalue weighted by molar-refractivity contribution is -0.0498. The first-order valence-corrected chi connectivity index (χ1v) is 6.06. The molecule has 3 aromatic rings. The van der Waals surface area contributed by atoms with Gasteiger partial charge in [0.05, 0.1) is 11.2 Å². The van der Waals surface area contributed by atoms with Gasteiger partial charge in [0, 0.05) is 5.56 Å². The fourth-order valence-electron chi connectivity index (χ4n) is 1.95. The second-order valence-electron chi connectivity index (χ2n) is 4.23. The van der Waals surface area contributed by atoms with Crippen LogP contribution in [-0.2, 0) is 0 Å². The lowest BCUT2D eigenvalue weighted by atomic mass is 10.1. The van der Waals surface area contributed by atoms with Crippen LogP contribution in [0.1, 0.15) is 0 Å². The average molecular weight is 288 g/mol. The Balaban J connectivity index is 2.06. The number of hydrogen-bond donors (Lipinski definition) is 1. The lowest BCUT2D eigenvalue weighted by Gasteiger charge is -2.07. The Bertz CT molecular complexity index is 795. The summed E-state index contributed by atoms with van der Waals surface area (Å²) in [7, 11) is 0. The zero-order chi connectivity index (χ0) is 14.8. The van der Waals surface area contributed by atoms with Gasteiger partial charge in [0.2, 0.25) is 0 Å². The summed E-state index contributed by atoms with van der Waals surface area (Å²) in [5.41, 5.74) is 8.06. The number of fused-ring (bicyclic) bond motifs is 1. The van der Waals surface area contributed by atoms with Crippen LogP contribution in [0.15, 0.2) is 42.7 Å². The predicted molar refractivity (Wildman–Crippen MR) is 73.8 cm³/mol. The number of halogens is 2. The summed E-state index contributed by atoms with van der Waals surface area (Å²) < 4.78 is 28.9. The smallest absolute Gasteiger partial charge is 0.387 e. The highest BCUT2D eigenvalue weighted by molar-refractivity contribution is 5.85. The van der Waals surface area contributed by atoms with Gasteiger partial charge in [-0.1, -0.05) is 12.1 Å². The molecule has 0 bridgehead atoms. The highest BCUT2D eigenvalue weighted by Gasteiger charge is 2.08. The molecular weight excluding hydrogens is 278 g/mol. The highest BCUT2D eigenvalue weighted by atomic mass is 19.3. The summed E-state index contributed by atoms with van der Waals surface area (Å²) in [6.45, 7) is -2.87. The molecule has 0 atom stereocenters. The van der Waals surface area contributed by atoms with Gasteiger partial charge in [0.25, 0.3) is 0 Å². The first-order chi connectivity index (χ1) is 10.1. The molecule has 0 amide bonds. The van der Waals surface area contributed by atoms with Gasteiger partial charge in [-0.2, -0.15) is 8.78 Å². The minimum Gasteiger partial charge on any atom is -0.435 e. The SMILES string of the molecule is Nc1ncnc2ccc(-c3cccc(OC(F)F)c3)nc12. The second-order valence-corrected chi connectivity index (χ2v) is 4.23. The fraction of sp³-hybridized carbons (Fsp3) is 0.0714. The van der Waals surface area contributed by atoms with E-state index < -0.39 is 6.61 Å². The molecule has 0 spiro atoms. The molecule has 2 heterocycles. The van der Waals surface area contributed by atoms with E-state index in [1.807, 2.05) is 0 Å². The van der Waals surface area contributed by atoms with Gasteiger partial charge in [-0.25, -0.2) is 15.0 Å². The topological polar surface area (TPSA) is 73.9 Å². The van der Waals surface area contributed by atoms with E-state index in [9.17, 15) is 8.78 Å². The van der Waals surface area contributed by atoms with E-state index >= 15 is 0 Å². The molecule has 5 nitrogen and oxygen atoms in total. The average Bonchev–Trinajstić information content (AvgIpc) is 2.47. The summed E-state index contributed by atoms with van der Waals surface area (Å²) in [6, 6.07) is 9.78. The van der Waals surface area contributed by atoms with Gasteiger partial charge >= 0.3 is 6.61 Å². The number of benzene rings is 1. The molecule has 3 rings (SSSR count). The number of nitrogens with two attached hydrogens (primary N) is 1. The van der Waals surface area contributed by atoms with Crippen molar-refractivity contribution in [2.24, 2.45) is 0 Å². The zero-order valence-corrected chi connectivity index (χ0v) is 10.7. The van der Waals surface area contributed by atoms with Crippen LogP contribution in [0.25, 0.3) is 22.3 Å². The van der Waals surface area contributed by atoms with Gasteiger partial charge in [-0.3, -0.25) is 0 Å². The highest BCUT2D eigenvalue weighted by Crippen LogP contribution is 2.25. The van der Waals surface area contributed by atoms with Crippen LogP contribution >= 0.6 is 0 Å². The van der Waals surface area contributed by atoms with Crippen molar-refractivity contribution in [2.75, 3.05) is 5.73 Å². The van der Waals surface area contributed by atoms with Gasteiger partial charge in [0.1, 0.15) is 17.6 Å². The van der Waals surface area contributed by atoms with Crippen LogP contribution in [0.5, 0.6) is 5.75 Å². The summed E-state index contributed by atoms with van der Waals surface area (Å²) in [4.78, 5) is 12.3. The van der Waals surface area contributed by atoms with Gasteiger partial charge in [-0.05, 0) is 24.3 Å². The van der Waals surface area contributed by atoms with Gasteiger partial charge < -0.3 is 10.5 Å². The summed E-state index contributed by atoms with van der Waals surface area (Å²) in [5, 5.41) is 0. The first-order valence-electron chi connectivity index (χ1n) is 6.06. The third kappa shape index (κ3) is 2.71. The Morgan fingerprint density at radius 2 is 1.95 bits per heavy atom. The van der Waals surface area contributed by atoms with Crippen LogP contribution in [0.2, 0.25) is 0 Å². The summed E-state index contributed by atoms with van der Waals surface area (Å²) in [6.07, 6.45) is 1.36. The number of rotatable bonds is 3. The zero-order valence-electron chi connectivity index (χ0n) is 10.7. The molecule has 21 heavy (non-hydrogen) atoms. The van der Waals surface area contributed by atoms with E-state index in [1.165, 1.54) is 18.5 Å². The maximum absolute atomic E-state index is 12.2. The molecule has 1 aromatic carbocycles. The Labute approximate surface area is 118 Å². The quantitative estimate of drug-likeness (QED) is 0.802. The minimum atomic E-state index is -2.87. The van der Waals surface area contributed by atoms with E-state index in [2.05, 4.69) is 19.7 Å². The molecule has 0 saturated carbocycles. The van der Waals surface area contributed by atoms with Crippen molar-refractivity contribution in [3.63, 3.8) is 0 Å². The molecule has 0 fully saturated rings. The Kier molecular flexibility index (Phi) is 3.31. The lowest BCUT2D eigenvalue weighted by Crippen LogP contribution is -2.01. The number of pyridine rings is 1. The van der Waals surface area contributed by atoms with E-state index in [0.29, 0.717) is 22.3 Å². The third-order valence-electron chi connectivity index (χ3n) is 2.87. The second kappa shape index (κ2) is 5.28. The van der Waals surface area contributed by atoms with Crippen LogP contribution in [0.3, 0.4) is 0 Å². The van der Waals surface area contributed by atoms with E-state index in [4.69, 9.17) is 5.73 Å². The van der Waals surface area contributed by atoms with Crippen LogP contribution in [0.4, 0.5) is 14.6 Å². The van der Waals surface area contributed by atoms with Crippen molar-refractivity contribution in [1.29, 1.82) is 0 Å². The van der Waals surface area contributed by atoms with E-state index in [0.717, 1.165) is 0 Å². The molecule has 0 radical (unpaired) electrons. The minimum absolute atomic E-state index is 0.0710. The van der Waals surface area contributed by atoms with Gasteiger partial charge in [-0.15, -0.1) is 0 Å². The molecule has 7 heteroatoms. The summed E-state index contributed by atoms with van der Waals surface area (Å²) in [5.74, 6) is 0.337. The van der Waals surface area contributed by atoms with Crippen LogP contribution in [-0.4, -0.2) is 21.6 Å². The van der Waals surface area contributed by atoms with E-state index in [1.54, 1.807) is 24.3 Å². The number of ether oxygens (including phenoxy) is 1. The Hall–Kier alpha value is -2.83. The number of alkyl halides is 2. The van der Waals surface area contributed by atoms with Crippen molar-refractivity contribution < 1.29 is 13.5 Å². The fourth-order valence-corrected chi connectivity index (χ4v) is 1.95. The van der Waals surface area contributed by atoms with Crippen LogP contribution in [0, 0.1) is 0 Å². The largest absolute Gasteiger partial charge is 0.435 e. The molecule has 0 unspecified atom stereocenters. The normalized spacial score (nSPS) is 11.0. The molecule has 0 aliphatic carbocycles. The number of aromatic nitrogens is 3. The molecular formula is C14H10F2N4O. The van der Waals surface area contributed by atoms with Gasteiger partial charge in [0.15, 0.2) is 5.82 Å². The number of anilines is 1. The van der Waals surface area contributed by atoms with Crippen LogP contribution < -0.4 is 10.5 Å². The predicted octanol–water partition coefficient (Wildman–Crippen LogP) is 2.88. The molecule has 0 aliphatic heterocycles. The summed E-state index contributed by atoms with van der Waals surface area (Å²) >= 11 is 0. The molecule has 2 N–H and O–H groups in total. The number of nitrogen functional groups attached to an aromatic ring is 1. The molecule has 2 aromatic heterocycles. The molecule has 0 saturated heterocycles. The van der Waals surface area contributed by atoms with Crippen molar-refractivity contribution in [3.8, 4) is 17.0 Å². The maximum Gasteiger partial charge on any atom is 0.387 e. The first kappa shape index (κ1) is 13.2. The monoisotopic (exact) mass is 288 g/mol. The number of hydrogen-bond acceptors (Lipinski definition) is 5. The molecule has 106 valence electrons.